The third-order valence-corrected chi connectivity index (χ3v) is 7.75. The third-order valence-electron chi connectivity index (χ3n) is 7.75. The Morgan fingerprint density at radius 1 is 0.880 bits per heavy atom. The smallest absolute Gasteiger partial charge is 0.0816 e. The van der Waals surface area contributed by atoms with Crippen molar-refractivity contribution in [3.05, 3.63) is 0 Å². The second kappa shape index (κ2) is 6.16. The topological polar surface area (TPSA) is 76.1 Å². The van der Waals surface area contributed by atoms with Gasteiger partial charge in [-0.2, -0.15) is 0 Å². The largest absolute Gasteiger partial charge is 0.373 e. The SMILES string of the molecule is CC(N)C1(CC2CO2)CCCC(CC2CO2)C1(CC1CO1)CC1CO1. The maximum absolute atomic E-state index is 6.79. The molecule has 0 aromatic carbocycles. The number of epoxide rings is 4. The van der Waals surface area contributed by atoms with Gasteiger partial charge in [0.15, 0.2) is 0 Å². The lowest BCUT2D eigenvalue weighted by Crippen LogP contribution is -2.59. The Labute approximate surface area is 150 Å². The van der Waals surface area contributed by atoms with E-state index >= 15 is 0 Å². The first-order valence-electron chi connectivity index (χ1n) is 10.3. The highest BCUT2D eigenvalue weighted by Gasteiger charge is 2.63. The molecule has 0 spiro atoms. The number of hydrogen-bond acceptors (Lipinski definition) is 5. The normalized spacial score (nSPS) is 51.8. The van der Waals surface area contributed by atoms with Crippen LogP contribution in [0.15, 0.2) is 0 Å². The summed E-state index contributed by atoms with van der Waals surface area (Å²) in [4.78, 5) is 0. The molecule has 5 fully saturated rings. The maximum Gasteiger partial charge on any atom is 0.0816 e. The van der Waals surface area contributed by atoms with E-state index in [-0.39, 0.29) is 16.9 Å². The van der Waals surface area contributed by atoms with Gasteiger partial charge in [-0.15, -0.1) is 0 Å². The van der Waals surface area contributed by atoms with Gasteiger partial charge in [0, 0.05) is 6.04 Å². The molecule has 0 radical (unpaired) electrons. The highest BCUT2D eigenvalue weighted by molar-refractivity contribution is 5.12. The Morgan fingerprint density at radius 3 is 1.88 bits per heavy atom. The van der Waals surface area contributed by atoms with Gasteiger partial charge in [-0.05, 0) is 62.2 Å². The lowest BCUT2D eigenvalue weighted by Gasteiger charge is -2.60. The molecule has 5 rings (SSSR count). The van der Waals surface area contributed by atoms with Crippen LogP contribution in [0, 0.1) is 16.7 Å². The molecule has 25 heavy (non-hydrogen) atoms. The van der Waals surface area contributed by atoms with E-state index in [1.165, 1.54) is 25.7 Å². The summed E-state index contributed by atoms with van der Waals surface area (Å²) in [6.07, 6.45) is 10.2. The van der Waals surface area contributed by atoms with Gasteiger partial charge in [0.1, 0.15) is 0 Å². The standard InChI is InChI=1S/C20H33NO4/c1-13(21)19(6-16-10-23-16)4-2-3-14(5-15-9-22-15)20(19,7-17-11-24-17)8-18-12-25-18/h13-18H,2-12,21H2,1H3. The first-order chi connectivity index (χ1) is 12.1. The summed E-state index contributed by atoms with van der Waals surface area (Å²) in [5.41, 5.74) is 7.14. The predicted octanol–water partition coefficient (Wildman–Crippen LogP) is 2.26. The van der Waals surface area contributed by atoms with Crippen molar-refractivity contribution < 1.29 is 18.9 Å². The van der Waals surface area contributed by atoms with E-state index in [0.717, 1.165) is 45.7 Å². The molecule has 4 heterocycles. The quantitative estimate of drug-likeness (QED) is 0.645. The van der Waals surface area contributed by atoms with Gasteiger partial charge in [0.05, 0.1) is 50.8 Å². The van der Waals surface area contributed by atoms with Crippen molar-refractivity contribution in [3.8, 4) is 0 Å². The van der Waals surface area contributed by atoms with Crippen LogP contribution in [0.1, 0.15) is 51.9 Å². The van der Waals surface area contributed by atoms with E-state index < -0.39 is 0 Å². The molecular weight excluding hydrogens is 318 g/mol. The van der Waals surface area contributed by atoms with Crippen LogP contribution < -0.4 is 5.73 Å². The summed E-state index contributed by atoms with van der Waals surface area (Å²) in [6, 6.07) is 0.178. The first kappa shape index (κ1) is 16.9. The van der Waals surface area contributed by atoms with E-state index in [4.69, 9.17) is 24.7 Å². The van der Waals surface area contributed by atoms with E-state index in [0.29, 0.717) is 30.3 Å². The molecule has 0 aromatic rings. The molecule has 1 saturated carbocycles. The average molecular weight is 351 g/mol. The third kappa shape index (κ3) is 3.27. The highest BCUT2D eigenvalue weighted by Crippen LogP contribution is 2.65. The molecule has 2 N–H and O–H groups in total. The molecule has 5 nitrogen and oxygen atoms in total. The van der Waals surface area contributed by atoms with Gasteiger partial charge < -0.3 is 24.7 Å². The fraction of sp³-hybridized carbons (Fsp3) is 1.00. The number of nitrogens with two attached hydrogens (primary N) is 1. The first-order valence-corrected chi connectivity index (χ1v) is 10.3. The van der Waals surface area contributed by atoms with E-state index in [9.17, 15) is 0 Å². The molecule has 0 amide bonds. The van der Waals surface area contributed by atoms with Crippen LogP contribution >= 0.6 is 0 Å². The lowest BCUT2D eigenvalue weighted by molar-refractivity contribution is -0.112. The molecule has 5 aliphatic rings. The second-order valence-electron chi connectivity index (χ2n) is 9.36. The molecule has 142 valence electrons. The Bertz CT molecular complexity index is 482. The van der Waals surface area contributed by atoms with Crippen molar-refractivity contribution in [2.45, 2.75) is 82.3 Å². The summed E-state index contributed by atoms with van der Waals surface area (Å²) >= 11 is 0. The van der Waals surface area contributed by atoms with Crippen LogP contribution in [-0.2, 0) is 18.9 Å². The summed E-state index contributed by atoms with van der Waals surface area (Å²) in [6.45, 7) is 5.96. The highest BCUT2D eigenvalue weighted by atomic mass is 16.6. The fourth-order valence-corrected chi connectivity index (χ4v) is 6.23. The zero-order chi connectivity index (χ0) is 17.1. The maximum atomic E-state index is 6.79. The molecule has 1 aliphatic carbocycles. The van der Waals surface area contributed by atoms with Crippen LogP contribution in [-0.4, -0.2) is 56.9 Å². The number of hydrogen-bond donors (Lipinski definition) is 1. The van der Waals surface area contributed by atoms with E-state index in [1.54, 1.807) is 0 Å². The van der Waals surface area contributed by atoms with E-state index in [1.807, 2.05) is 0 Å². The summed E-state index contributed by atoms with van der Waals surface area (Å²) in [7, 11) is 0. The van der Waals surface area contributed by atoms with Crippen LogP contribution in [0.2, 0.25) is 0 Å². The fourth-order valence-electron chi connectivity index (χ4n) is 6.23. The van der Waals surface area contributed by atoms with Crippen molar-refractivity contribution in [3.63, 3.8) is 0 Å². The summed E-state index contributed by atoms with van der Waals surface area (Å²) in [5, 5.41) is 0. The van der Waals surface area contributed by atoms with E-state index in [2.05, 4.69) is 6.92 Å². The summed E-state index contributed by atoms with van der Waals surface area (Å²) in [5.74, 6) is 0.673. The lowest BCUT2D eigenvalue weighted by atomic mass is 9.44. The zero-order valence-corrected chi connectivity index (χ0v) is 15.5. The van der Waals surface area contributed by atoms with Gasteiger partial charge in [-0.3, -0.25) is 0 Å². The van der Waals surface area contributed by atoms with Crippen LogP contribution in [0.5, 0.6) is 0 Å². The molecule has 0 aromatic heterocycles. The monoisotopic (exact) mass is 351 g/mol. The van der Waals surface area contributed by atoms with Gasteiger partial charge >= 0.3 is 0 Å². The Morgan fingerprint density at radius 2 is 1.40 bits per heavy atom. The van der Waals surface area contributed by atoms with Crippen molar-refractivity contribution in [1.82, 2.24) is 0 Å². The Hall–Kier alpha value is -0.200. The zero-order valence-electron chi connectivity index (χ0n) is 15.5. The molecule has 0 bridgehead atoms. The molecule has 7 atom stereocenters. The van der Waals surface area contributed by atoms with Crippen LogP contribution in [0.3, 0.4) is 0 Å². The van der Waals surface area contributed by atoms with Crippen LogP contribution in [0.25, 0.3) is 0 Å². The Balaban J connectivity index is 1.53. The van der Waals surface area contributed by atoms with Gasteiger partial charge in [-0.1, -0.05) is 6.42 Å². The minimum absolute atomic E-state index is 0.143. The average Bonchev–Trinajstić information content (AvgIpc) is 3.42. The number of rotatable bonds is 9. The molecule has 4 saturated heterocycles. The minimum Gasteiger partial charge on any atom is -0.373 e. The number of ether oxygens (including phenoxy) is 4. The van der Waals surface area contributed by atoms with Crippen LogP contribution in [0.4, 0.5) is 0 Å². The van der Waals surface area contributed by atoms with Crippen molar-refractivity contribution in [1.29, 1.82) is 0 Å². The predicted molar refractivity (Wildman–Crippen MR) is 93.3 cm³/mol. The Kier molecular flexibility index (Phi) is 4.18. The molecule has 5 heteroatoms. The molecule has 4 aliphatic heterocycles. The van der Waals surface area contributed by atoms with Crippen molar-refractivity contribution in [2.24, 2.45) is 22.5 Å². The summed E-state index contributed by atoms with van der Waals surface area (Å²) < 4.78 is 22.9. The minimum atomic E-state index is 0.143. The van der Waals surface area contributed by atoms with Gasteiger partial charge in [-0.25, -0.2) is 0 Å². The van der Waals surface area contributed by atoms with Crippen molar-refractivity contribution in [2.75, 3.05) is 26.4 Å². The van der Waals surface area contributed by atoms with Gasteiger partial charge in [0.25, 0.3) is 0 Å². The second-order valence-corrected chi connectivity index (χ2v) is 9.36. The molecular formula is C20H33NO4. The van der Waals surface area contributed by atoms with Gasteiger partial charge in [0.2, 0.25) is 0 Å². The molecule has 7 unspecified atom stereocenters. The van der Waals surface area contributed by atoms with Crippen molar-refractivity contribution >= 4 is 0 Å².